The number of benzene rings is 1. The van der Waals surface area contributed by atoms with E-state index < -0.39 is 11.8 Å². The van der Waals surface area contributed by atoms with Crippen LogP contribution >= 0.6 is 0 Å². The van der Waals surface area contributed by atoms with E-state index in [9.17, 15) is 14.4 Å². The summed E-state index contributed by atoms with van der Waals surface area (Å²) < 4.78 is 10.8. The van der Waals surface area contributed by atoms with Crippen LogP contribution in [0.3, 0.4) is 0 Å². The van der Waals surface area contributed by atoms with Crippen LogP contribution in [0.15, 0.2) is 28.7 Å². The van der Waals surface area contributed by atoms with Crippen LogP contribution in [-0.2, 0) is 6.42 Å². The molecule has 1 aliphatic rings. The van der Waals surface area contributed by atoms with Crippen LogP contribution in [0, 0.1) is 12.3 Å². The highest BCUT2D eigenvalue weighted by molar-refractivity contribution is 6.04. The molecule has 7 heteroatoms. The third-order valence-electron chi connectivity index (χ3n) is 4.62. The van der Waals surface area contributed by atoms with E-state index in [4.69, 9.17) is 9.15 Å². The summed E-state index contributed by atoms with van der Waals surface area (Å²) >= 11 is 0. The van der Waals surface area contributed by atoms with E-state index in [1.54, 1.807) is 31.2 Å². The number of para-hydroxylation sites is 1. The van der Waals surface area contributed by atoms with Gasteiger partial charge in [-0.05, 0) is 24.5 Å². The Morgan fingerprint density at radius 3 is 2.48 bits per heavy atom. The van der Waals surface area contributed by atoms with Crippen LogP contribution in [0.2, 0.25) is 0 Å². The third kappa shape index (κ3) is 3.58. The van der Waals surface area contributed by atoms with Gasteiger partial charge in [0.25, 0.3) is 5.91 Å². The molecule has 0 radical (unpaired) electrons. The van der Waals surface area contributed by atoms with E-state index in [-0.39, 0.29) is 22.5 Å². The van der Waals surface area contributed by atoms with E-state index in [1.807, 2.05) is 13.8 Å². The van der Waals surface area contributed by atoms with Crippen molar-refractivity contribution in [3.05, 3.63) is 52.5 Å². The predicted molar refractivity (Wildman–Crippen MR) is 97.8 cm³/mol. The molecule has 0 unspecified atom stereocenters. The van der Waals surface area contributed by atoms with Crippen LogP contribution in [0.5, 0.6) is 5.75 Å². The molecule has 0 saturated carbocycles. The number of amides is 2. The molecule has 2 aromatic rings. The normalized spacial score (nSPS) is 15.0. The van der Waals surface area contributed by atoms with Gasteiger partial charge in [-0.25, -0.2) is 0 Å². The molecule has 1 heterocycles. The average molecular weight is 370 g/mol. The van der Waals surface area contributed by atoms with Crippen molar-refractivity contribution in [2.75, 3.05) is 7.11 Å². The number of rotatable bonds is 3. The first kappa shape index (κ1) is 18.7. The first-order valence-corrected chi connectivity index (χ1v) is 8.62. The van der Waals surface area contributed by atoms with E-state index in [1.165, 1.54) is 7.11 Å². The minimum absolute atomic E-state index is 0.0281. The summed E-state index contributed by atoms with van der Waals surface area (Å²) in [5.74, 6) is -0.217. The lowest BCUT2D eigenvalue weighted by Crippen LogP contribution is -2.41. The van der Waals surface area contributed by atoms with Gasteiger partial charge in [-0.3, -0.25) is 25.2 Å². The topological polar surface area (TPSA) is 97.6 Å². The third-order valence-corrected chi connectivity index (χ3v) is 4.62. The summed E-state index contributed by atoms with van der Waals surface area (Å²) in [6.07, 6.45) is 0.988. The van der Waals surface area contributed by atoms with Crippen molar-refractivity contribution in [2.24, 2.45) is 5.41 Å². The van der Waals surface area contributed by atoms with Crippen molar-refractivity contribution in [2.45, 2.75) is 33.6 Å². The Bertz CT molecular complexity index is 926. The highest BCUT2D eigenvalue weighted by atomic mass is 16.5. The van der Waals surface area contributed by atoms with E-state index >= 15 is 0 Å². The summed E-state index contributed by atoms with van der Waals surface area (Å²) in [6, 6.07) is 6.66. The smallest absolute Gasteiger partial charge is 0.305 e. The second-order valence-corrected chi connectivity index (χ2v) is 7.40. The molecule has 0 aliphatic heterocycles. The van der Waals surface area contributed by atoms with Gasteiger partial charge in [0.05, 0.1) is 18.2 Å². The van der Waals surface area contributed by atoms with Gasteiger partial charge in [0.1, 0.15) is 11.5 Å². The number of methoxy groups -OCH3 is 1. The Balaban J connectivity index is 1.76. The zero-order valence-electron chi connectivity index (χ0n) is 15.8. The summed E-state index contributed by atoms with van der Waals surface area (Å²) in [4.78, 5) is 37.2. The number of ketones is 1. The summed E-state index contributed by atoms with van der Waals surface area (Å²) in [7, 11) is 1.46. The Labute approximate surface area is 157 Å². The largest absolute Gasteiger partial charge is 0.496 e. The first-order chi connectivity index (χ1) is 12.7. The van der Waals surface area contributed by atoms with Crippen LogP contribution in [0.1, 0.15) is 62.9 Å². The molecule has 1 aliphatic carbocycles. The molecule has 1 aromatic carbocycles. The monoisotopic (exact) mass is 370 g/mol. The van der Waals surface area contributed by atoms with Gasteiger partial charge in [0.15, 0.2) is 11.5 Å². The van der Waals surface area contributed by atoms with Crippen LogP contribution < -0.4 is 15.6 Å². The number of fused-ring (bicyclic) bond motifs is 1. The molecule has 0 spiro atoms. The SMILES string of the molecule is COc1ccccc1C(=O)NNC(=O)c1oc2c(c1C)C(=O)CC(C)(C)C2. The fourth-order valence-corrected chi connectivity index (χ4v) is 3.37. The highest BCUT2D eigenvalue weighted by Crippen LogP contribution is 2.38. The second-order valence-electron chi connectivity index (χ2n) is 7.40. The van der Waals surface area contributed by atoms with Crippen molar-refractivity contribution in [3.63, 3.8) is 0 Å². The predicted octanol–water partition coefficient (Wildman–Crippen LogP) is 2.83. The van der Waals surface area contributed by atoms with Crippen LogP contribution in [0.25, 0.3) is 0 Å². The first-order valence-electron chi connectivity index (χ1n) is 8.62. The summed E-state index contributed by atoms with van der Waals surface area (Å²) in [6.45, 7) is 5.65. The van der Waals surface area contributed by atoms with Crippen molar-refractivity contribution in [1.82, 2.24) is 10.9 Å². The van der Waals surface area contributed by atoms with Gasteiger partial charge in [0.2, 0.25) is 0 Å². The molecule has 2 amide bonds. The molecule has 2 N–H and O–H groups in total. The Morgan fingerprint density at radius 1 is 1.11 bits per heavy atom. The number of ether oxygens (including phenoxy) is 1. The molecule has 142 valence electrons. The van der Waals surface area contributed by atoms with Crippen molar-refractivity contribution < 1.29 is 23.5 Å². The molecular weight excluding hydrogens is 348 g/mol. The minimum atomic E-state index is -0.615. The number of nitrogens with one attached hydrogen (secondary N) is 2. The van der Waals surface area contributed by atoms with Crippen molar-refractivity contribution >= 4 is 17.6 Å². The lowest BCUT2D eigenvalue weighted by molar-refractivity contribution is 0.0825. The van der Waals surface area contributed by atoms with Crippen molar-refractivity contribution in [3.8, 4) is 5.75 Å². The number of carbonyl (C=O) groups is 3. The van der Waals surface area contributed by atoms with Gasteiger partial charge < -0.3 is 9.15 Å². The van der Waals surface area contributed by atoms with E-state index in [0.29, 0.717) is 35.5 Å². The number of hydrogen-bond acceptors (Lipinski definition) is 5. The molecular formula is C20H22N2O5. The minimum Gasteiger partial charge on any atom is -0.496 e. The molecule has 0 atom stereocenters. The van der Waals surface area contributed by atoms with Crippen molar-refractivity contribution in [1.29, 1.82) is 0 Å². The maximum Gasteiger partial charge on any atom is 0.305 e. The van der Waals surface area contributed by atoms with Crippen LogP contribution in [-0.4, -0.2) is 24.7 Å². The molecule has 1 aromatic heterocycles. The van der Waals surface area contributed by atoms with Gasteiger partial charge in [-0.2, -0.15) is 0 Å². The molecule has 0 bridgehead atoms. The Hall–Kier alpha value is -3.09. The zero-order valence-corrected chi connectivity index (χ0v) is 15.8. The maximum atomic E-state index is 12.5. The Morgan fingerprint density at radius 2 is 1.78 bits per heavy atom. The molecule has 27 heavy (non-hydrogen) atoms. The number of hydrazine groups is 1. The molecule has 3 rings (SSSR count). The Kier molecular flexibility index (Phi) is 4.78. The molecule has 7 nitrogen and oxygen atoms in total. The second kappa shape index (κ2) is 6.90. The van der Waals surface area contributed by atoms with E-state index in [0.717, 1.165) is 0 Å². The number of furan rings is 1. The van der Waals surface area contributed by atoms with Gasteiger partial charge in [-0.1, -0.05) is 26.0 Å². The quantitative estimate of drug-likeness (QED) is 0.810. The fraction of sp³-hybridized carbons (Fsp3) is 0.350. The maximum absolute atomic E-state index is 12.5. The summed E-state index contributed by atoms with van der Waals surface area (Å²) in [5.41, 5.74) is 5.73. The standard InChI is InChI=1S/C20H22N2O5/c1-11-16-13(23)9-20(2,3)10-15(16)27-17(11)19(25)22-21-18(24)12-7-5-6-8-14(12)26-4/h5-8H,9-10H2,1-4H3,(H,21,24)(H,22,25). The molecule has 0 fully saturated rings. The number of hydrogen-bond donors (Lipinski definition) is 2. The highest BCUT2D eigenvalue weighted by Gasteiger charge is 2.37. The average Bonchev–Trinajstić information content (AvgIpc) is 2.94. The van der Waals surface area contributed by atoms with E-state index in [2.05, 4.69) is 10.9 Å². The zero-order chi connectivity index (χ0) is 19.8. The van der Waals surface area contributed by atoms with Gasteiger partial charge in [-0.15, -0.1) is 0 Å². The molecule has 0 saturated heterocycles. The number of Topliss-reactive ketones (excluding diaryl/α,β-unsaturated/α-hetero) is 1. The summed E-state index contributed by atoms with van der Waals surface area (Å²) in [5, 5.41) is 0. The fourth-order valence-electron chi connectivity index (χ4n) is 3.37. The van der Waals surface area contributed by atoms with Gasteiger partial charge in [0, 0.05) is 18.4 Å². The number of carbonyl (C=O) groups excluding carboxylic acids is 3. The lowest BCUT2D eigenvalue weighted by Gasteiger charge is -2.27. The van der Waals surface area contributed by atoms with Gasteiger partial charge >= 0.3 is 5.91 Å². The van der Waals surface area contributed by atoms with Crippen LogP contribution in [0.4, 0.5) is 0 Å². The lowest BCUT2D eigenvalue weighted by atomic mass is 9.76.